The summed E-state index contributed by atoms with van der Waals surface area (Å²) >= 11 is 0. The minimum absolute atomic E-state index is 0.127. The number of amides is 2. The Labute approximate surface area is 197 Å². The van der Waals surface area contributed by atoms with Crippen LogP contribution in [-0.4, -0.2) is 43.4 Å². The molecule has 3 heterocycles. The molecule has 1 atom stereocenters. The van der Waals surface area contributed by atoms with Crippen LogP contribution in [0.15, 0.2) is 30.6 Å². The zero-order valence-electron chi connectivity index (χ0n) is 19.1. The first-order valence-electron chi connectivity index (χ1n) is 10.7. The quantitative estimate of drug-likeness (QED) is 0.481. The lowest BCUT2D eigenvalue weighted by atomic mass is 10.1. The molecule has 184 valence electrons. The summed E-state index contributed by atoms with van der Waals surface area (Å²) in [5.41, 5.74) is -0.0559. The molecular weight excluding hydrogens is 467 g/mol. The highest BCUT2D eigenvalue weighted by Crippen LogP contribution is 2.51. The maximum atomic E-state index is 14.0. The molecule has 0 spiro atoms. The molecule has 0 bridgehead atoms. The number of pyridine rings is 2. The second-order valence-electron chi connectivity index (χ2n) is 8.32. The number of aryl methyl sites for hydroxylation is 2. The van der Waals surface area contributed by atoms with E-state index in [-0.39, 0.29) is 35.6 Å². The Hall–Kier alpha value is -4.03. The molecular formula is C22H22F3N7O3. The fourth-order valence-electron chi connectivity index (χ4n) is 3.42. The number of carbonyl (C=O) groups is 2. The van der Waals surface area contributed by atoms with Crippen LogP contribution in [0.25, 0.3) is 11.4 Å². The van der Waals surface area contributed by atoms with Gasteiger partial charge in [0.1, 0.15) is 11.5 Å². The number of hydrogen-bond donors (Lipinski definition) is 2. The van der Waals surface area contributed by atoms with Gasteiger partial charge in [0.2, 0.25) is 11.9 Å². The van der Waals surface area contributed by atoms with Crippen molar-refractivity contribution in [1.82, 2.24) is 25.0 Å². The number of aromatic nitrogens is 5. The summed E-state index contributed by atoms with van der Waals surface area (Å²) in [7, 11) is 1.54. The van der Waals surface area contributed by atoms with E-state index in [9.17, 15) is 22.8 Å². The molecule has 1 saturated carbocycles. The van der Waals surface area contributed by atoms with Crippen molar-refractivity contribution in [1.29, 1.82) is 0 Å². The molecule has 0 unspecified atom stereocenters. The lowest BCUT2D eigenvalue weighted by Gasteiger charge is -2.15. The van der Waals surface area contributed by atoms with Crippen LogP contribution in [-0.2, 0) is 16.6 Å². The Morgan fingerprint density at radius 1 is 1.17 bits per heavy atom. The third kappa shape index (κ3) is 4.93. The molecule has 0 saturated heterocycles. The van der Waals surface area contributed by atoms with Gasteiger partial charge in [0.15, 0.2) is 11.5 Å². The number of anilines is 2. The molecule has 1 aliphatic rings. The molecule has 0 aromatic carbocycles. The minimum atomic E-state index is -2.73. The number of nitrogens with one attached hydrogen (secondary N) is 2. The maximum Gasteiger partial charge on any atom is 0.413 e. The molecule has 0 radical (unpaired) electrons. The first-order valence-corrected chi connectivity index (χ1v) is 10.7. The van der Waals surface area contributed by atoms with Crippen LogP contribution >= 0.6 is 0 Å². The number of carbonyl (C=O) groups excluding carboxylic acids is 2. The number of rotatable bonds is 7. The predicted octanol–water partition coefficient (Wildman–Crippen LogP) is 4.01. The number of ether oxygens (including phenoxy) is 1. The van der Waals surface area contributed by atoms with Gasteiger partial charge in [0, 0.05) is 18.8 Å². The third-order valence-corrected chi connectivity index (χ3v) is 5.69. The van der Waals surface area contributed by atoms with Crippen molar-refractivity contribution >= 4 is 23.5 Å². The Morgan fingerprint density at radius 3 is 2.54 bits per heavy atom. The van der Waals surface area contributed by atoms with Crippen LogP contribution in [0.4, 0.5) is 29.5 Å². The molecule has 1 aliphatic carbocycles. The van der Waals surface area contributed by atoms with Crippen LogP contribution in [0.5, 0.6) is 0 Å². The summed E-state index contributed by atoms with van der Waals surface area (Å²) in [6, 6.07) is 4.51. The molecule has 4 rings (SSSR count). The van der Waals surface area contributed by atoms with E-state index in [1.807, 2.05) is 0 Å². The number of halogens is 3. The first kappa shape index (κ1) is 24.1. The third-order valence-electron chi connectivity index (χ3n) is 5.69. The van der Waals surface area contributed by atoms with Crippen LogP contribution < -0.4 is 10.6 Å². The largest absolute Gasteiger partial charge is 0.441 e. The molecule has 13 heteroatoms. The van der Waals surface area contributed by atoms with Gasteiger partial charge in [-0.2, -0.15) is 4.39 Å². The van der Waals surface area contributed by atoms with Crippen LogP contribution in [0.2, 0.25) is 0 Å². The van der Waals surface area contributed by atoms with Gasteiger partial charge in [-0.25, -0.2) is 23.2 Å². The average molecular weight is 489 g/mol. The van der Waals surface area contributed by atoms with Crippen molar-refractivity contribution in [3.8, 4) is 11.4 Å². The molecule has 0 aliphatic heterocycles. The van der Waals surface area contributed by atoms with Crippen molar-refractivity contribution in [3.05, 3.63) is 47.7 Å². The van der Waals surface area contributed by atoms with Crippen LogP contribution in [0, 0.1) is 18.3 Å². The van der Waals surface area contributed by atoms with E-state index in [2.05, 4.69) is 30.9 Å². The highest BCUT2D eigenvalue weighted by Gasteiger charge is 2.57. The van der Waals surface area contributed by atoms with Crippen molar-refractivity contribution < 1.29 is 27.5 Å². The maximum absolute atomic E-state index is 14.0. The molecule has 10 nitrogen and oxygen atoms in total. The fourth-order valence-corrected chi connectivity index (χ4v) is 3.42. The summed E-state index contributed by atoms with van der Waals surface area (Å²) in [6.07, 6.45) is -1.60. The fraction of sp³-hybridized carbons (Fsp3) is 0.364. The molecule has 3 aromatic rings. The first-order chi connectivity index (χ1) is 16.6. The smallest absolute Gasteiger partial charge is 0.413 e. The Bertz CT molecular complexity index is 1260. The average Bonchev–Trinajstić information content (AvgIpc) is 3.56. The Kier molecular flexibility index (Phi) is 6.41. The SMILES string of the molecule is Cc1cnc(F)c([C@@H](C)OC(=O)Nc2c(-c3ccc(NC(=O)C4(C(F)F)CC4)cn3)nnn2C)c1. The minimum Gasteiger partial charge on any atom is -0.441 e. The number of nitrogens with zero attached hydrogens (tertiary/aromatic N) is 5. The zero-order valence-corrected chi connectivity index (χ0v) is 19.1. The van der Waals surface area contributed by atoms with Crippen molar-refractivity contribution in [2.24, 2.45) is 12.5 Å². The van der Waals surface area contributed by atoms with E-state index in [1.54, 1.807) is 6.92 Å². The van der Waals surface area contributed by atoms with Gasteiger partial charge >= 0.3 is 6.09 Å². The van der Waals surface area contributed by atoms with E-state index >= 15 is 0 Å². The summed E-state index contributed by atoms with van der Waals surface area (Å²) in [5.74, 6) is -1.33. The topological polar surface area (TPSA) is 124 Å². The van der Waals surface area contributed by atoms with E-state index in [1.165, 1.54) is 49.2 Å². The highest BCUT2D eigenvalue weighted by atomic mass is 19.3. The normalized spacial score (nSPS) is 14.9. The lowest BCUT2D eigenvalue weighted by molar-refractivity contribution is -0.126. The van der Waals surface area contributed by atoms with Gasteiger partial charge in [0.05, 0.1) is 17.6 Å². The van der Waals surface area contributed by atoms with E-state index < -0.39 is 35.9 Å². The van der Waals surface area contributed by atoms with Gasteiger partial charge in [-0.3, -0.25) is 15.1 Å². The summed E-state index contributed by atoms with van der Waals surface area (Å²) < 4.78 is 46.8. The highest BCUT2D eigenvalue weighted by molar-refractivity contribution is 5.97. The second kappa shape index (κ2) is 9.31. The number of alkyl halides is 2. The van der Waals surface area contributed by atoms with Crippen LogP contribution in [0.1, 0.15) is 37.0 Å². The second-order valence-corrected chi connectivity index (χ2v) is 8.32. The number of hydrogen-bond acceptors (Lipinski definition) is 7. The van der Waals surface area contributed by atoms with Gasteiger partial charge < -0.3 is 10.1 Å². The van der Waals surface area contributed by atoms with Crippen molar-refractivity contribution in [2.45, 2.75) is 39.2 Å². The van der Waals surface area contributed by atoms with E-state index in [0.29, 0.717) is 11.3 Å². The standard InChI is InChI=1S/C22H22F3N7O3/c1-11-8-14(17(23)27-9-11)12(2)35-21(34)29-18-16(30-31-32(18)3)15-5-4-13(10-26-15)28-20(33)22(6-7-22)19(24)25/h4-5,8-10,12,19H,6-7H2,1-3H3,(H,28,33)(H,29,34)/t12-/m1/s1. The predicted molar refractivity (Wildman–Crippen MR) is 118 cm³/mol. The Morgan fingerprint density at radius 2 is 1.91 bits per heavy atom. The van der Waals surface area contributed by atoms with Gasteiger partial charge in [-0.1, -0.05) is 5.21 Å². The summed E-state index contributed by atoms with van der Waals surface area (Å²) in [4.78, 5) is 32.5. The summed E-state index contributed by atoms with van der Waals surface area (Å²) in [5, 5.41) is 12.8. The van der Waals surface area contributed by atoms with Crippen molar-refractivity contribution in [2.75, 3.05) is 10.6 Å². The van der Waals surface area contributed by atoms with E-state index in [0.717, 1.165) is 0 Å². The van der Waals surface area contributed by atoms with Crippen molar-refractivity contribution in [3.63, 3.8) is 0 Å². The van der Waals surface area contributed by atoms with Gasteiger partial charge in [0.25, 0.3) is 6.43 Å². The zero-order chi connectivity index (χ0) is 25.3. The molecule has 2 N–H and O–H groups in total. The molecule has 3 aromatic heterocycles. The molecule has 1 fully saturated rings. The lowest BCUT2D eigenvalue weighted by Crippen LogP contribution is -2.30. The van der Waals surface area contributed by atoms with Gasteiger partial charge in [-0.15, -0.1) is 5.10 Å². The molecule has 2 amide bonds. The van der Waals surface area contributed by atoms with Crippen LogP contribution in [0.3, 0.4) is 0 Å². The molecule has 35 heavy (non-hydrogen) atoms. The Balaban J connectivity index is 1.45. The van der Waals surface area contributed by atoms with Gasteiger partial charge in [-0.05, 0) is 50.5 Å². The monoisotopic (exact) mass is 489 g/mol. The van der Waals surface area contributed by atoms with E-state index in [4.69, 9.17) is 4.74 Å². The summed E-state index contributed by atoms with van der Waals surface area (Å²) in [6.45, 7) is 3.25.